The van der Waals surface area contributed by atoms with Gasteiger partial charge in [-0.1, -0.05) is 30.3 Å². The van der Waals surface area contributed by atoms with Crippen LogP contribution < -0.4 is 5.69 Å². The molecule has 5 rings (SSSR count). The minimum absolute atomic E-state index is 0.0235. The molecule has 0 bridgehead atoms. The molecule has 4 unspecified atom stereocenters. The molecular weight excluding hydrogens is 490 g/mol. The van der Waals surface area contributed by atoms with Crippen LogP contribution in [0.15, 0.2) is 53.3 Å². The second-order valence-corrected chi connectivity index (χ2v) is 9.22. The molecule has 2 aromatic carbocycles. The highest BCUT2D eigenvalue weighted by Crippen LogP contribution is 2.58. The molecule has 3 aromatic rings. The van der Waals surface area contributed by atoms with Crippen LogP contribution in [0.1, 0.15) is 46.6 Å². The number of benzene rings is 2. The molecule has 6 nitrogen and oxygen atoms in total. The number of aromatic nitrogens is 3. The predicted molar refractivity (Wildman–Crippen MR) is 116 cm³/mol. The van der Waals surface area contributed by atoms with Crippen molar-refractivity contribution >= 4 is 0 Å². The van der Waals surface area contributed by atoms with E-state index in [0.29, 0.717) is 36.3 Å². The number of H-pyrrole nitrogens is 2. The van der Waals surface area contributed by atoms with Gasteiger partial charge >= 0.3 is 18.0 Å². The van der Waals surface area contributed by atoms with Crippen LogP contribution in [0.4, 0.5) is 26.3 Å². The molecule has 1 saturated heterocycles. The van der Waals surface area contributed by atoms with Crippen molar-refractivity contribution in [2.45, 2.75) is 37.5 Å². The lowest BCUT2D eigenvalue weighted by molar-refractivity contribution is -0.143. The van der Waals surface area contributed by atoms with E-state index in [-0.39, 0.29) is 24.3 Å². The fraction of sp³-hybridized carbons (Fsp3) is 0.417. The standard InChI is InChI=1S/C24H22F6N4O2/c25-23(26,27)16-6-13(7-17(9-16)24(28,29)30)11-36-12-19(21-31-22(35)33-32-21)34-10-15-8-18(15)20(34)14-4-2-1-3-5-14/h1-7,9,15,18-20H,8,10-12H2,(H2,31,32,33,35). The van der Waals surface area contributed by atoms with Crippen molar-refractivity contribution in [3.63, 3.8) is 0 Å². The van der Waals surface area contributed by atoms with Gasteiger partial charge in [0.25, 0.3) is 0 Å². The van der Waals surface area contributed by atoms with Crippen LogP contribution >= 0.6 is 0 Å². The van der Waals surface area contributed by atoms with Crippen molar-refractivity contribution in [1.82, 2.24) is 20.1 Å². The van der Waals surface area contributed by atoms with Gasteiger partial charge in [-0.25, -0.2) is 9.89 Å². The Bertz CT molecular complexity index is 1240. The normalized spacial score (nSPS) is 23.0. The third-order valence-electron chi connectivity index (χ3n) is 6.75. The van der Waals surface area contributed by atoms with E-state index < -0.39 is 41.8 Å². The third-order valence-corrected chi connectivity index (χ3v) is 6.75. The summed E-state index contributed by atoms with van der Waals surface area (Å²) in [5, 5.41) is 6.35. The molecule has 0 amide bonds. The Hall–Kier alpha value is -3.12. The van der Waals surface area contributed by atoms with E-state index in [0.717, 1.165) is 12.0 Å². The lowest BCUT2D eigenvalue weighted by Gasteiger charge is -2.34. The minimum atomic E-state index is -4.94. The van der Waals surface area contributed by atoms with E-state index in [1.165, 1.54) is 0 Å². The number of alkyl halides is 6. The number of ether oxygens (including phenoxy) is 1. The van der Waals surface area contributed by atoms with Crippen molar-refractivity contribution in [1.29, 1.82) is 0 Å². The zero-order valence-corrected chi connectivity index (χ0v) is 18.7. The number of halogens is 6. The lowest BCUT2D eigenvalue weighted by atomic mass is 10.0. The van der Waals surface area contributed by atoms with E-state index in [1.807, 2.05) is 30.3 Å². The van der Waals surface area contributed by atoms with E-state index in [9.17, 15) is 31.1 Å². The van der Waals surface area contributed by atoms with Crippen LogP contribution in [0.5, 0.6) is 0 Å². The van der Waals surface area contributed by atoms with Gasteiger partial charge in [-0.15, -0.1) is 0 Å². The van der Waals surface area contributed by atoms with Crippen LogP contribution in [0, 0.1) is 11.8 Å². The summed E-state index contributed by atoms with van der Waals surface area (Å²) in [4.78, 5) is 16.5. The Morgan fingerprint density at radius 3 is 2.28 bits per heavy atom. The highest BCUT2D eigenvalue weighted by Gasteiger charge is 2.55. The zero-order valence-electron chi connectivity index (χ0n) is 18.7. The van der Waals surface area contributed by atoms with E-state index in [1.54, 1.807) is 0 Å². The molecule has 36 heavy (non-hydrogen) atoms. The van der Waals surface area contributed by atoms with Crippen LogP contribution in [-0.4, -0.2) is 33.2 Å². The maximum Gasteiger partial charge on any atom is 0.416 e. The molecule has 0 spiro atoms. The molecule has 2 heterocycles. The molecule has 1 saturated carbocycles. The number of rotatable bonds is 7. The summed E-state index contributed by atoms with van der Waals surface area (Å²) in [5.74, 6) is 1.17. The number of nitrogens with one attached hydrogen (secondary N) is 2. The average molecular weight is 512 g/mol. The SMILES string of the molecule is O=c1[nH]nc(C(COCc2cc(C(F)(F)F)cc(C(F)(F)F)c2)N2CC3CC3C2c2ccccc2)[nH]1. The van der Waals surface area contributed by atoms with Crippen molar-refractivity contribution in [2.24, 2.45) is 11.8 Å². The highest BCUT2D eigenvalue weighted by atomic mass is 19.4. The minimum Gasteiger partial charge on any atom is -0.375 e. The summed E-state index contributed by atoms with van der Waals surface area (Å²) >= 11 is 0. The molecule has 2 fully saturated rings. The van der Waals surface area contributed by atoms with E-state index in [2.05, 4.69) is 20.1 Å². The third kappa shape index (κ3) is 5.05. The Morgan fingerprint density at radius 1 is 1.03 bits per heavy atom. The fourth-order valence-corrected chi connectivity index (χ4v) is 5.07. The van der Waals surface area contributed by atoms with Gasteiger partial charge in [0, 0.05) is 12.6 Å². The summed E-state index contributed by atoms with van der Waals surface area (Å²) < 4.78 is 84.9. The maximum atomic E-state index is 13.2. The zero-order chi connectivity index (χ0) is 25.7. The van der Waals surface area contributed by atoms with Gasteiger partial charge in [0.05, 0.1) is 30.4 Å². The van der Waals surface area contributed by atoms with Crippen LogP contribution in [0.2, 0.25) is 0 Å². The fourth-order valence-electron chi connectivity index (χ4n) is 5.07. The van der Waals surface area contributed by atoms with Crippen LogP contribution in [-0.2, 0) is 23.7 Å². The number of nitrogens with zero attached hydrogens (tertiary/aromatic N) is 2. The second kappa shape index (κ2) is 9.07. The van der Waals surface area contributed by atoms with E-state index in [4.69, 9.17) is 4.74 Å². The first-order valence-corrected chi connectivity index (χ1v) is 11.3. The molecule has 4 atom stereocenters. The number of aromatic amines is 2. The van der Waals surface area contributed by atoms with Crippen molar-refractivity contribution in [3.8, 4) is 0 Å². The smallest absolute Gasteiger partial charge is 0.375 e. The first-order chi connectivity index (χ1) is 17.0. The Labute approximate surface area is 201 Å². The Kier molecular flexibility index (Phi) is 6.19. The summed E-state index contributed by atoms with van der Waals surface area (Å²) in [6, 6.07) is 10.6. The molecule has 192 valence electrons. The Morgan fingerprint density at radius 2 is 1.69 bits per heavy atom. The second-order valence-electron chi connectivity index (χ2n) is 9.22. The molecule has 1 aliphatic carbocycles. The van der Waals surface area contributed by atoms with Crippen molar-refractivity contribution < 1.29 is 31.1 Å². The monoisotopic (exact) mass is 512 g/mol. The first-order valence-electron chi connectivity index (χ1n) is 11.3. The number of fused-ring (bicyclic) bond motifs is 1. The van der Waals surface area contributed by atoms with Gasteiger partial charge in [0.15, 0.2) is 5.82 Å². The largest absolute Gasteiger partial charge is 0.416 e. The van der Waals surface area contributed by atoms with E-state index >= 15 is 0 Å². The molecule has 0 radical (unpaired) electrons. The quantitative estimate of drug-likeness (QED) is 0.433. The topological polar surface area (TPSA) is 74.0 Å². The van der Waals surface area contributed by atoms with Gasteiger partial charge in [-0.2, -0.15) is 31.4 Å². The molecule has 1 aromatic heterocycles. The first kappa shape index (κ1) is 24.6. The van der Waals surface area contributed by atoms with Gasteiger partial charge in [-0.3, -0.25) is 9.88 Å². The summed E-state index contributed by atoms with van der Waals surface area (Å²) in [5.41, 5.74) is -2.49. The molecule has 2 N–H and O–H groups in total. The highest BCUT2D eigenvalue weighted by molar-refractivity contribution is 5.33. The predicted octanol–water partition coefficient (Wildman–Crippen LogP) is 5.09. The lowest BCUT2D eigenvalue weighted by Crippen LogP contribution is -2.35. The van der Waals surface area contributed by atoms with Gasteiger partial charge in [0.1, 0.15) is 0 Å². The summed E-state index contributed by atoms with van der Waals surface area (Å²) in [7, 11) is 0. The summed E-state index contributed by atoms with van der Waals surface area (Å²) in [6.45, 7) is 0.130. The number of hydrogen-bond acceptors (Lipinski definition) is 4. The number of piperidine rings is 1. The van der Waals surface area contributed by atoms with Crippen LogP contribution in [0.3, 0.4) is 0 Å². The van der Waals surface area contributed by atoms with Gasteiger partial charge in [0.2, 0.25) is 0 Å². The molecular formula is C24H22F6N4O2. The summed E-state index contributed by atoms with van der Waals surface area (Å²) in [6.07, 6.45) is -8.82. The average Bonchev–Trinajstić information content (AvgIpc) is 3.27. The van der Waals surface area contributed by atoms with Gasteiger partial charge < -0.3 is 4.74 Å². The van der Waals surface area contributed by atoms with Crippen molar-refractivity contribution in [3.05, 3.63) is 87.1 Å². The molecule has 2 aliphatic rings. The molecule has 12 heteroatoms. The number of likely N-dealkylation sites (tertiary alicyclic amines) is 1. The van der Waals surface area contributed by atoms with Crippen LogP contribution in [0.25, 0.3) is 0 Å². The van der Waals surface area contributed by atoms with Gasteiger partial charge in [-0.05, 0) is 47.6 Å². The van der Waals surface area contributed by atoms with Crippen molar-refractivity contribution in [2.75, 3.05) is 13.2 Å². The Balaban J connectivity index is 1.39. The maximum absolute atomic E-state index is 13.2. The molecule has 1 aliphatic heterocycles. The number of hydrogen-bond donors (Lipinski definition) is 2.